The largest absolute Gasteiger partial charge is 0.457 e. The van der Waals surface area contributed by atoms with Gasteiger partial charge in [0.2, 0.25) is 5.91 Å². The second-order valence-electron chi connectivity index (χ2n) is 6.23. The smallest absolute Gasteiger partial charge is 0.308 e. The molecule has 0 aliphatic rings. The van der Waals surface area contributed by atoms with Crippen LogP contribution in [0, 0.1) is 0 Å². The second kappa shape index (κ2) is 8.10. The van der Waals surface area contributed by atoms with Crippen LogP contribution in [0.4, 0.5) is 5.69 Å². The lowest BCUT2D eigenvalue weighted by molar-refractivity contribution is -0.116. The molecule has 0 spiro atoms. The van der Waals surface area contributed by atoms with Crippen LogP contribution >= 0.6 is 11.3 Å². The number of hydrogen-bond acceptors (Lipinski definition) is 4. The number of amides is 1. The van der Waals surface area contributed by atoms with E-state index in [1.54, 1.807) is 28.8 Å². The molecule has 1 N–H and O–H groups in total. The number of nitrogens with one attached hydrogen (secondary N) is 1. The number of aromatic nitrogens is 1. The number of carbonyl (C=O) groups is 1. The molecule has 140 valence electrons. The number of hydrogen-bond donors (Lipinski definition) is 1. The highest BCUT2D eigenvalue weighted by molar-refractivity contribution is 7.16. The number of carbonyl (C=O) groups excluding carboxylic acids is 1. The summed E-state index contributed by atoms with van der Waals surface area (Å²) in [5, 5.41) is 2.86. The van der Waals surface area contributed by atoms with Crippen LogP contribution in [0.2, 0.25) is 0 Å². The van der Waals surface area contributed by atoms with Gasteiger partial charge in [0.1, 0.15) is 11.5 Å². The first-order valence-corrected chi connectivity index (χ1v) is 9.72. The summed E-state index contributed by atoms with van der Waals surface area (Å²) in [6, 6.07) is 24.3. The molecule has 0 unspecified atom stereocenters. The average molecular weight is 390 g/mol. The molecule has 0 saturated carbocycles. The van der Waals surface area contributed by atoms with E-state index in [9.17, 15) is 9.59 Å². The quantitative estimate of drug-likeness (QED) is 0.510. The van der Waals surface area contributed by atoms with E-state index in [4.69, 9.17) is 4.74 Å². The zero-order valence-electron chi connectivity index (χ0n) is 15.0. The summed E-state index contributed by atoms with van der Waals surface area (Å²) >= 11 is 1.20. The first kappa shape index (κ1) is 18.0. The van der Waals surface area contributed by atoms with Gasteiger partial charge < -0.3 is 10.1 Å². The minimum atomic E-state index is -0.140. The van der Waals surface area contributed by atoms with E-state index in [2.05, 4.69) is 5.32 Å². The van der Waals surface area contributed by atoms with Crippen molar-refractivity contribution >= 4 is 33.1 Å². The van der Waals surface area contributed by atoms with Crippen molar-refractivity contribution in [3.8, 4) is 11.5 Å². The van der Waals surface area contributed by atoms with E-state index in [0.717, 1.165) is 16.0 Å². The number of benzene rings is 3. The fourth-order valence-electron chi connectivity index (χ4n) is 2.89. The third-order valence-corrected chi connectivity index (χ3v) is 5.21. The summed E-state index contributed by atoms with van der Waals surface area (Å²) in [6.07, 6.45) is 0.225. The summed E-state index contributed by atoms with van der Waals surface area (Å²) < 4.78 is 8.32. The standard InChI is InChI=1S/C22H18N2O3S/c25-21(14-15-24-19-8-4-5-9-20(19)28-22(24)26)23-16-10-12-18(13-11-16)27-17-6-2-1-3-7-17/h1-13H,14-15H2,(H,23,25). The van der Waals surface area contributed by atoms with E-state index in [0.29, 0.717) is 18.0 Å². The molecule has 1 amide bonds. The molecule has 5 nitrogen and oxygen atoms in total. The van der Waals surface area contributed by atoms with E-state index in [-0.39, 0.29) is 17.2 Å². The van der Waals surface area contributed by atoms with Gasteiger partial charge in [0.25, 0.3) is 0 Å². The monoisotopic (exact) mass is 390 g/mol. The molecule has 0 atom stereocenters. The van der Waals surface area contributed by atoms with Gasteiger partial charge in [-0.1, -0.05) is 41.7 Å². The van der Waals surface area contributed by atoms with Crippen LogP contribution in [0.3, 0.4) is 0 Å². The van der Waals surface area contributed by atoms with Gasteiger partial charge in [-0.25, -0.2) is 0 Å². The maximum atomic E-state index is 12.3. The van der Waals surface area contributed by atoms with Gasteiger partial charge in [0.15, 0.2) is 0 Å². The molecule has 0 aliphatic carbocycles. The zero-order valence-corrected chi connectivity index (χ0v) is 15.8. The Labute approximate surface area is 165 Å². The minimum absolute atomic E-state index is 0.0450. The molecular weight excluding hydrogens is 372 g/mol. The van der Waals surface area contributed by atoms with Crippen LogP contribution in [-0.2, 0) is 11.3 Å². The number of fused-ring (bicyclic) bond motifs is 1. The summed E-state index contributed by atoms with van der Waals surface area (Å²) in [5.74, 6) is 1.31. The highest BCUT2D eigenvalue weighted by atomic mass is 32.1. The van der Waals surface area contributed by atoms with Crippen LogP contribution in [-0.4, -0.2) is 10.5 Å². The van der Waals surface area contributed by atoms with Crippen molar-refractivity contribution in [2.24, 2.45) is 0 Å². The Kier molecular flexibility index (Phi) is 5.21. The number of nitrogens with zero attached hydrogens (tertiary/aromatic N) is 1. The van der Waals surface area contributed by atoms with E-state index < -0.39 is 0 Å². The van der Waals surface area contributed by atoms with Gasteiger partial charge in [0, 0.05) is 18.7 Å². The molecule has 4 aromatic rings. The molecule has 3 aromatic carbocycles. The van der Waals surface area contributed by atoms with Crippen LogP contribution < -0.4 is 14.9 Å². The van der Waals surface area contributed by atoms with Crippen molar-refractivity contribution in [2.75, 3.05) is 5.32 Å². The topological polar surface area (TPSA) is 60.3 Å². The molecule has 0 aliphatic heterocycles. The SMILES string of the molecule is O=C(CCn1c(=O)sc2ccccc21)Nc1ccc(Oc2ccccc2)cc1. The molecule has 0 radical (unpaired) electrons. The number of ether oxygens (including phenoxy) is 1. The van der Waals surface area contributed by atoms with Crippen LogP contribution in [0.1, 0.15) is 6.42 Å². The van der Waals surface area contributed by atoms with Crippen molar-refractivity contribution in [1.82, 2.24) is 4.57 Å². The highest BCUT2D eigenvalue weighted by Gasteiger charge is 2.09. The van der Waals surface area contributed by atoms with Crippen molar-refractivity contribution < 1.29 is 9.53 Å². The number of rotatable bonds is 6. The third kappa shape index (κ3) is 4.13. The van der Waals surface area contributed by atoms with Crippen molar-refractivity contribution in [3.05, 3.63) is 88.5 Å². The van der Waals surface area contributed by atoms with Crippen LogP contribution in [0.15, 0.2) is 83.7 Å². The Morgan fingerprint density at radius 1 is 0.893 bits per heavy atom. The predicted octanol–water partition coefficient (Wildman–Crippen LogP) is 4.88. The van der Waals surface area contributed by atoms with Crippen molar-refractivity contribution in [2.45, 2.75) is 13.0 Å². The summed E-state index contributed by atoms with van der Waals surface area (Å²) in [5.41, 5.74) is 1.56. The van der Waals surface area contributed by atoms with Gasteiger partial charge in [0.05, 0.1) is 10.2 Å². The fraction of sp³-hybridized carbons (Fsp3) is 0.0909. The van der Waals surface area contributed by atoms with Gasteiger partial charge in [-0.15, -0.1) is 0 Å². The Hall–Kier alpha value is -3.38. The minimum Gasteiger partial charge on any atom is -0.457 e. The molecular formula is C22H18N2O3S. The lowest BCUT2D eigenvalue weighted by Crippen LogP contribution is -2.19. The molecule has 0 saturated heterocycles. The average Bonchev–Trinajstić information content (AvgIpc) is 3.04. The number of thiazole rings is 1. The van der Waals surface area contributed by atoms with Gasteiger partial charge in [-0.05, 0) is 48.5 Å². The molecule has 4 rings (SSSR count). The maximum Gasteiger partial charge on any atom is 0.308 e. The van der Waals surface area contributed by atoms with Crippen LogP contribution in [0.25, 0.3) is 10.2 Å². The number of aryl methyl sites for hydroxylation is 1. The Balaban J connectivity index is 1.36. The number of anilines is 1. The summed E-state index contributed by atoms with van der Waals surface area (Å²) in [4.78, 5) is 24.4. The molecule has 0 fully saturated rings. The van der Waals surface area contributed by atoms with E-state index in [1.807, 2.05) is 54.6 Å². The zero-order chi connectivity index (χ0) is 19.3. The van der Waals surface area contributed by atoms with Gasteiger partial charge in [-0.3, -0.25) is 14.2 Å². The molecule has 1 heterocycles. The van der Waals surface area contributed by atoms with Gasteiger partial charge >= 0.3 is 4.87 Å². The van der Waals surface area contributed by atoms with Gasteiger partial charge in [-0.2, -0.15) is 0 Å². The van der Waals surface area contributed by atoms with E-state index >= 15 is 0 Å². The third-order valence-electron chi connectivity index (χ3n) is 4.25. The molecule has 0 bridgehead atoms. The normalized spacial score (nSPS) is 10.7. The second-order valence-corrected chi connectivity index (χ2v) is 7.22. The molecule has 1 aromatic heterocycles. The summed E-state index contributed by atoms with van der Waals surface area (Å²) in [7, 11) is 0. The van der Waals surface area contributed by atoms with Crippen molar-refractivity contribution in [1.29, 1.82) is 0 Å². The Morgan fingerprint density at radius 2 is 1.57 bits per heavy atom. The Bertz CT molecular complexity index is 1150. The first-order valence-electron chi connectivity index (χ1n) is 8.90. The lowest BCUT2D eigenvalue weighted by Gasteiger charge is -2.08. The van der Waals surface area contributed by atoms with Crippen molar-refractivity contribution in [3.63, 3.8) is 0 Å². The summed E-state index contributed by atoms with van der Waals surface area (Å²) in [6.45, 7) is 0.351. The Morgan fingerprint density at radius 3 is 2.36 bits per heavy atom. The number of para-hydroxylation sites is 2. The maximum absolute atomic E-state index is 12.3. The fourth-order valence-corrected chi connectivity index (χ4v) is 3.81. The first-order chi connectivity index (χ1) is 13.7. The lowest BCUT2D eigenvalue weighted by atomic mass is 10.2. The predicted molar refractivity (Wildman–Crippen MR) is 112 cm³/mol. The molecule has 28 heavy (non-hydrogen) atoms. The molecule has 6 heteroatoms. The highest BCUT2D eigenvalue weighted by Crippen LogP contribution is 2.23. The van der Waals surface area contributed by atoms with Crippen LogP contribution in [0.5, 0.6) is 11.5 Å². The van der Waals surface area contributed by atoms with E-state index in [1.165, 1.54) is 11.3 Å².